The Balaban J connectivity index is 2.57. The number of nitrogens with one attached hydrogen (secondary N) is 2. The van der Waals surface area contributed by atoms with E-state index in [-0.39, 0.29) is 11.9 Å². The summed E-state index contributed by atoms with van der Waals surface area (Å²) < 4.78 is 0. The largest absolute Gasteiger partial charge is 0.348 e. The Hall–Kier alpha value is -1.32. The van der Waals surface area contributed by atoms with Gasteiger partial charge in [-0.3, -0.25) is 4.79 Å². The van der Waals surface area contributed by atoms with E-state index >= 15 is 0 Å². The summed E-state index contributed by atoms with van der Waals surface area (Å²) in [5.74, 6) is 0.403. The first-order chi connectivity index (χ1) is 9.43. The second-order valence-electron chi connectivity index (χ2n) is 5.22. The molecular formula is C16H23ClN2O. The minimum atomic E-state index is -0.0409. The van der Waals surface area contributed by atoms with Gasteiger partial charge >= 0.3 is 0 Å². The molecule has 1 amide bonds. The highest BCUT2D eigenvalue weighted by atomic mass is 35.5. The van der Waals surface area contributed by atoms with Crippen molar-refractivity contribution in [2.75, 3.05) is 7.05 Å². The first-order valence-corrected chi connectivity index (χ1v) is 7.20. The fourth-order valence-electron chi connectivity index (χ4n) is 1.88. The maximum Gasteiger partial charge on any atom is 0.246 e. The number of rotatable bonds is 6. The van der Waals surface area contributed by atoms with Crippen LogP contribution in [-0.2, 0) is 11.3 Å². The summed E-state index contributed by atoms with van der Waals surface area (Å²) in [6, 6.07) is 7.66. The van der Waals surface area contributed by atoms with Gasteiger partial charge in [-0.25, -0.2) is 0 Å². The summed E-state index contributed by atoms with van der Waals surface area (Å²) in [5.41, 5.74) is 1.76. The molecule has 2 N–H and O–H groups in total. The van der Waals surface area contributed by atoms with E-state index in [1.165, 1.54) is 0 Å². The van der Waals surface area contributed by atoms with Crippen molar-refractivity contribution in [1.29, 1.82) is 0 Å². The Morgan fingerprint density at radius 2 is 1.90 bits per heavy atom. The molecule has 0 spiro atoms. The summed E-state index contributed by atoms with van der Waals surface area (Å²) in [5, 5.41) is 6.80. The third kappa shape index (κ3) is 5.35. The smallest absolute Gasteiger partial charge is 0.246 e. The van der Waals surface area contributed by atoms with E-state index in [9.17, 15) is 4.79 Å². The highest BCUT2D eigenvalue weighted by Gasteiger charge is 2.11. The van der Waals surface area contributed by atoms with Crippen molar-refractivity contribution in [2.45, 2.75) is 33.4 Å². The maximum atomic E-state index is 12.0. The average Bonchev–Trinajstić information content (AvgIpc) is 2.43. The van der Waals surface area contributed by atoms with Crippen LogP contribution in [0.2, 0.25) is 5.02 Å². The first-order valence-electron chi connectivity index (χ1n) is 6.82. The zero-order valence-electron chi connectivity index (χ0n) is 12.5. The number of halogens is 1. The van der Waals surface area contributed by atoms with Gasteiger partial charge in [0.25, 0.3) is 0 Å². The molecule has 0 saturated heterocycles. The zero-order chi connectivity index (χ0) is 15.1. The number of carbonyl (C=O) groups is 1. The second kappa shape index (κ2) is 8.08. The van der Waals surface area contributed by atoms with Crippen LogP contribution in [0.5, 0.6) is 0 Å². The lowest BCUT2D eigenvalue weighted by Gasteiger charge is -2.17. The van der Waals surface area contributed by atoms with Gasteiger partial charge < -0.3 is 10.6 Å². The van der Waals surface area contributed by atoms with Gasteiger partial charge in [-0.1, -0.05) is 43.7 Å². The van der Waals surface area contributed by atoms with E-state index in [1.54, 1.807) is 0 Å². The van der Waals surface area contributed by atoms with Crippen LogP contribution in [0.3, 0.4) is 0 Å². The van der Waals surface area contributed by atoms with E-state index in [0.29, 0.717) is 17.5 Å². The fourth-order valence-corrected chi connectivity index (χ4v) is 2.00. The molecule has 3 nitrogen and oxygen atoms in total. The lowest BCUT2D eigenvalue weighted by molar-refractivity contribution is -0.117. The van der Waals surface area contributed by atoms with Gasteiger partial charge in [0, 0.05) is 23.2 Å². The van der Waals surface area contributed by atoms with Crippen LogP contribution in [0.15, 0.2) is 35.9 Å². The third-order valence-electron chi connectivity index (χ3n) is 3.21. The summed E-state index contributed by atoms with van der Waals surface area (Å²) in [4.78, 5) is 12.0. The summed E-state index contributed by atoms with van der Waals surface area (Å²) in [6.07, 6.45) is 1.97. The molecule has 0 aromatic heterocycles. The van der Waals surface area contributed by atoms with Crippen LogP contribution in [0.25, 0.3) is 0 Å². The Kier molecular flexibility index (Phi) is 6.76. The molecule has 0 aliphatic rings. The molecular weight excluding hydrogens is 272 g/mol. The molecule has 1 atom stereocenters. The van der Waals surface area contributed by atoms with E-state index in [4.69, 9.17) is 11.6 Å². The van der Waals surface area contributed by atoms with Gasteiger partial charge in [0.1, 0.15) is 0 Å². The van der Waals surface area contributed by atoms with Gasteiger partial charge in [0.2, 0.25) is 5.91 Å². The van der Waals surface area contributed by atoms with Gasteiger partial charge in [0.15, 0.2) is 0 Å². The molecule has 0 unspecified atom stereocenters. The van der Waals surface area contributed by atoms with Crippen LogP contribution in [0.1, 0.15) is 26.3 Å². The molecule has 0 aliphatic heterocycles. The number of benzene rings is 1. The topological polar surface area (TPSA) is 41.1 Å². The minimum absolute atomic E-state index is 0.0409. The number of amides is 1. The number of hydrogen-bond acceptors (Lipinski definition) is 2. The summed E-state index contributed by atoms with van der Waals surface area (Å²) in [6.45, 7) is 6.59. The maximum absolute atomic E-state index is 12.0. The Bertz CT molecular complexity index is 466. The van der Waals surface area contributed by atoms with Gasteiger partial charge in [-0.15, -0.1) is 0 Å². The number of hydrogen-bond donors (Lipinski definition) is 2. The van der Waals surface area contributed by atoms with E-state index in [0.717, 1.165) is 11.1 Å². The Morgan fingerprint density at radius 3 is 2.40 bits per heavy atom. The van der Waals surface area contributed by atoms with Crippen molar-refractivity contribution >= 4 is 17.5 Å². The molecule has 4 heteroatoms. The predicted molar refractivity (Wildman–Crippen MR) is 84.7 cm³/mol. The molecule has 0 heterocycles. The minimum Gasteiger partial charge on any atom is -0.348 e. The molecule has 0 aliphatic carbocycles. The van der Waals surface area contributed by atoms with Crippen LogP contribution in [0.4, 0.5) is 0 Å². The monoisotopic (exact) mass is 294 g/mol. The van der Waals surface area contributed by atoms with Crippen molar-refractivity contribution in [3.8, 4) is 0 Å². The lowest BCUT2D eigenvalue weighted by atomic mass is 10.0. The Morgan fingerprint density at radius 1 is 1.30 bits per heavy atom. The van der Waals surface area contributed by atoms with Gasteiger partial charge in [0.05, 0.1) is 0 Å². The van der Waals surface area contributed by atoms with Crippen LogP contribution >= 0.6 is 11.6 Å². The molecule has 20 heavy (non-hydrogen) atoms. The van der Waals surface area contributed by atoms with E-state index in [1.807, 2.05) is 44.3 Å². The normalized spacial score (nSPS) is 13.4. The highest BCUT2D eigenvalue weighted by molar-refractivity contribution is 6.30. The molecule has 1 rings (SSSR count). The van der Waals surface area contributed by atoms with Crippen LogP contribution in [-0.4, -0.2) is 19.0 Å². The number of likely N-dealkylation sites (N-methyl/N-ethyl adjacent to an activating group) is 1. The Labute approximate surface area is 126 Å². The lowest BCUT2D eigenvalue weighted by Crippen LogP contribution is -2.31. The van der Waals surface area contributed by atoms with Crippen molar-refractivity contribution in [2.24, 2.45) is 5.92 Å². The average molecular weight is 295 g/mol. The molecule has 1 aromatic carbocycles. The second-order valence-corrected chi connectivity index (χ2v) is 5.65. The fraction of sp³-hybridized carbons (Fsp3) is 0.438. The van der Waals surface area contributed by atoms with Crippen molar-refractivity contribution < 1.29 is 4.79 Å². The molecule has 0 bridgehead atoms. The summed E-state index contributed by atoms with van der Waals surface area (Å²) >= 11 is 5.82. The van der Waals surface area contributed by atoms with Crippen LogP contribution < -0.4 is 10.6 Å². The molecule has 110 valence electrons. The van der Waals surface area contributed by atoms with Gasteiger partial charge in [-0.2, -0.15) is 0 Å². The van der Waals surface area contributed by atoms with Gasteiger partial charge in [-0.05, 0) is 37.6 Å². The van der Waals surface area contributed by atoms with E-state index in [2.05, 4.69) is 24.5 Å². The third-order valence-corrected chi connectivity index (χ3v) is 3.46. The summed E-state index contributed by atoms with van der Waals surface area (Å²) in [7, 11) is 1.90. The SMILES string of the molecule is CN[C@H](/C=C(\C)C(=O)NCc1ccc(Cl)cc1)C(C)C. The van der Waals surface area contributed by atoms with E-state index < -0.39 is 0 Å². The molecule has 0 radical (unpaired) electrons. The van der Waals surface area contributed by atoms with Crippen molar-refractivity contribution in [3.63, 3.8) is 0 Å². The van der Waals surface area contributed by atoms with Crippen molar-refractivity contribution in [3.05, 3.63) is 46.5 Å². The predicted octanol–water partition coefficient (Wildman–Crippen LogP) is 3.15. The standard InChI is InChI=1S/C16H23ClN2O/c1-11(2)15(18-4)9-12(3)16(20)19-10-13-5-7-14(17)8-6-13/h5-9,11,15,18H,10H2,1-4H3,(H,19,20)/b12-9+/t15-/m1/s1. The zero-order valence-corrected chi connectivity index (χ0v) is 13.3. The number of carbonyl (C=O) groups excluding carboxylic acids is 1. The van der Waals surface area contributed by atoms with Crippen molar-refractivity contribution in [1.82, 2.24) is 10.6 Å². The first kappa shape index (κ1) is 16.7. The molecule has 0 fully saturated rings. The van der Waals surface area contributed by atoms with Crippen LogP contribution in [0, 0.1) is 5.92 Å². The molecule has 0 saturated carbocycles. The molecule has 1 aromatic rings. The highest BCUT2D eigenvalue weighted by Crippen LogP contribution is 2.10. The quantitative estimate of drug-likeness (QED) is 0.792.